The molecular weight excluding hydrogens is 327 g/mol. The molecule has 0 saturated carbocycles. The SMILES string of the molecule is CN(CCO)S(=O)(=O)c1cc(NC(=O)CCl)ccc1Cl. The van der Waals surface area contributed by atoms with Gasteiger partial charge >= 0.3 is 0 Å². The summed E-state index contributed by atoms with van der Waals surface area (Å²) in [6.45, 7) is -0.368. The van der Waals surface area contributed by atoms with E-state index < -0.39 is 15.9 Å². The van der Waals surface area contributed by atoms with Crippen LogP contribution in [0.15, 0.2) is 23.1 Å². The van der Waals surface area contributed by atoms with Crippen LogP contribution in [0.4, 0.5) is 5.69 Å². The Labute approximate surface area is 127 Å². The quantitative estimate of drug-likeness (QED) is 0.760. The van der Waals surface area contributed by atoms with E-state index in [1.807, 2.05) is 0 Å². The molecule has 0 spiro atoms. The number of rotatable bonds is 6. The van der Waals surface area contributed by atoms with E-state index in [1.54, 1.807) is 0 Å². The second kappa shape index (κ2) is 7.24. The van der Waals surface area contributed by atoms with Crippen LogP contribution in [0.5, 0.6) is 0 Å². The van der Waals surface area contributed by atoms with Crippen molar-refractivity contribution in [3.8, 4) is 0 Å². The van der Waals surface area contributed by atoms with Crippen LogP contribution >= 0.6 is 23.2 Å². The Morgan fingerprint density at radius 2 is 2.10 bits per heavy atom. The Balaban J connectivity index is 3.17. The Hall–Kier alpha value is -0.860. The second-order valence-electron chi connectivity index (χ2n) is 3.88. The van der Waals surface area contributed by atoms with E-state index in [4.69, 9.17) is 28.3 Å². The molecule has 0 heterocycles. The number of nitrogens with one attached hydrogen (secondary N) is 1. The third-order valence-corrected chi connectivity index (χ3v) is 5.02. The van der Waals surface area contributed by atoms with Crippen LogP contribution in [-0.2, 0) is 14.8 Å². The smallest absolute Gasteiger partial charge is 0.244 e. The number of carbonyl (C=O) groups excluding carboxylic acids is 1. The highest BCUT2D eigenvalue weighted by molar-refractivity contribution is 7.89. The van der Waals surface area contributed by atoms with E-state index in [1.165, 1.54) is 25.2 Å². The number of halogens is 2. The molecule has 0 aliphatic heterocycles. The van der Waals surface area contributed by atoms with Crippen molar-refractivity contribution in [3.05, 3.63) is 23.2 Å². The lowest BCUT2D eigenvalue weighted by Crippen LogP contribution is -2.30. The Bertz CT molecular complexity index is 592. The summed E-state index contributed by atoms with van der Waals surface area (Å²) in [6.07, 6.45) is 0. The lowest BCUT2D eigenvalue weighted by molar-refractivity contribution is -0.113. The fourth-order valence-electron chi connectivity index (χ4n) is 1.40. The molecule has 6 nitrogen and oxygen atoms in total. The normalized spacial score (nSPS) is 11.7. The average molecular weight is 341 g/mol. The summed E-state index contributed by atoms with van der Waals surface area (Å²) in [4.78, 5) is 11.0. The first-order valence-electron chi connectivity index (χ1n) is 5.55. The minimum absolute atomic E-state index is 0.0265. The molecule has 0 radical (unpaired) electrons. The summed E-state index contributed by atoms with van der Waals surface area (Å²) in [5.74, 6) is -0.698. The molecule has 0 fully saturated rings. The Morgan fingerprint density at radius 1 is 1.45 bits per heavy atom. The maximum atomic E-state index is 12.2. The minimum Gasteiger partial charge on any atom is -0.395 e. The maximum Gasteiger partial charge on any atom is 0.244 e. The zero-order valence-electron chi connectivity index (χ0n) is 10.6. The summed E-state index contributed by atoms with van der Waals surface area (Å²) in [6, 6.07) is 4.08. The predicted octanol–water partition coefficient (Wildman–Crippen LogP) is 1.13. The van der Waals surface area contributed by atoms with Gasteiger partial charge in [0.1, 0.15) is 10.8 Å². The largest absolute Gasteiger partial charge is 0.395 e. The van der Waals surface area contributed by atoms with E-state index >= 15 is 0 Å². The molecule has 1 amide bonds. The van der Waals surface area contributed by atoms with Crippen LogP contribution in [0.3, 0.4) is 0 Å². The van der Waals surface area contributed by atoms with Gasteiger partial charge in [-0.15, -0.1) is 11.6 Å². The first-order valence-corrected chi connectivity index (χ1v) is 7.90. The summed E-state index contributed by atoms with van der Waals surface area (Å²) in [5.41, 5.74) is 0.274. The maximum absolute atomic E-state index is 12.2. The zero-order valence-corrected chi connectivity index (χ0v) is 13.0. The van der Waals surface area contributed by atoms with Gasteiger partial charge in [-0.1, -0.05) is 11.6 Å². The van der Waals surface area contributed by atoms with Crippen LogP contribution in [0.25, 0.3) is 0 Å². The van der Waals surface area contributed by atoms with E-state index in [-0.39, 0.29) is 34.6 Å². The van der Waals surface area contributed by atoms with Crippen LogP contribution in [0.1, 0.15) is 0 Å². The minimum atomic E-state index is -3.84. The number of hydrogen-bond donors (Lipinski definition) is 2. The number of sulfonamides is 1. The lowest BCUT2D eigenvalue weighted by Gasteiger charge is -2.17. The van der Waals surface area contributed by atoms with Crippen LogP contribution in [0.2, 0.25) is 5.02 Å². The molecule has 1 aromatic rings. The lowest BCUT2D eigenvalue weighted by atomic mass is 10.3. The van der Waals surface area contributed by atoms with Gasteiger partial charge in [0.15, 0.2) is 0 Å². The van der Waals surface area contributed by atoms with E-state index in [2.05, 4.69) is 5.32 Å². The topological polar surface area (TPSA) is 86.7 Å². The summed E-state index contributed by atoms with van der Waals surface area (Å²) >= 11 is 11.3. The van der Waals surface area contributed by atoms with Gasteiger partial charge in [0.05, 0.1) is 11.6 Å². The van der Waals surface area contributed by atoms with Crippen molar-refractivity contribution >= 4 is 44.8 Å². The van der Waals surface area contributed by atoms with Gasteiger partial charge in [-0.3, -0.25) is 4.79 Å². The third-order valence-electron chi connectivity index (χ3n) is 2.44. The van der Waals surface area contributed by atoms with Crippen molar-refractivity contribution in [2.24, 2.45) is 0 Å². The number of anilines is 1. The molecule has 1 aromatic carbocycles. The molecule has 0 unspecified atom stereocenters. The van der Waals surface area contributed by atoms with Gasteiger partial charge in [0, 0.05) is 19.3 Å². The molecule has 0 atom stereocenters. The third kappa shape index (κ3) is 4.07. The molecule has 1 rings (SSSR count). The predicted molar refractivity (Wildman–Crippen MR) is 77.7 cm³/mol. The van der Waals surface area contributed by atoms with Gasteiger partial charge in [0.25, 0.3) is 0 Å². The number of aliphatic hydroxyl groups excluding tert-OH is 1. The molecule has 0 aromatic heterocycles. The number of aliphatic hydroxyl groups is 1. The van der Waals surface area contributed by atoms with Crippen molar-refractivity contribution in [2.75, 3.05) is 31.4 Å². The molecule has 0 saturated heterocycles. The molecule has 20 heavy (non-hydrogen) atoms. The fourth-order valence-corrected chi connectivity index (χ4v) is 3.13. The molecular formula is C11H14Cl2N2O4S. The first-order chi connectivity index (χ1) is 9.32. The molecule has 112 valence electrons. The monoisotopic (exact) mass is 340 g/mol. The van der Waals surface area contributed by atoms with Crippen molar-refractivity contribution in [3.63, 3.8) is 0 Å². The van der Waals surface area contributed by atoms with Crippen molar-refractivity contribution < 1.29 is 18.3 Å². The Morgan fingerprint density at radius 3 is 2.65 bits per heavy atom. The van der Waals surface area contributed by atoms with E-state index in [0.717, 1.165) is 4.31 Å². The fraction of sp³-hybridized carbons (Fsp3) is 0.364. The number of alkyl halides is 1. The van der Waals surface area contributed by atoms with Crippen LogP contribution in [0, 0.1) is 0 Å². The van der Waals surface area contributed by atoms with Crippen LogP contribution < -0.4 is 5.32 Å². The molecule has 0 bridgehead atoms. The summed E-state index contributed by atoms with van der Waals surface area (Å²) in [5, 5.41) is 11.3. The number of carbonyl (C=O) groups is 1. The van der Waals surface area contributed by atoms with Crippen molar-refractivity contribution in [1.82, 2.24) is 4.31 Å². The van der Waals surface area contributed by atoms with Crippen molar-refractivity contribution in [2.45, 2.75) is 4.90 Å². The van der Waals surface area contributed by atoms with E-state index in [0.29, 0.717) is 0 Å². The van der Waals surface area contributed by atoms with Crippen molar-refractivity contribution in [1.29, 1.82) is 0 Å². The standard InChI is InChI=1S/C11H14Cl2N2O4S/c1-15(4-5-16)20(18,19)10-6-8(2-3-9(10)13)14-11(17)7-12/h2-3,6,16H,4-5,7H2,1H3,(H,14,17). The highest BCUT2D eigenvalue weighted by atomic mass is 35.5. The highest BCUT2D eigenvalue weighted by Crippen LogP contribution is 2.27. The molecule has 9 heteroatoms. The van der Waals surface area contributed by atoms with Gasteiger partial charge in [-0.2, -0.15) is 4.31 Å². The van der Waals surface area contributed by atoms with Gasteiger partial charge in [-0.25, -0.2) is 8.42 Å². The second-order valence-corrected chi connectivity index (χ2v) is 6.56. The van der Waals surface area contributed by atoms with Gasteiger partial charge < -0.3 is 10.4 Å². The first kappa shape index (κ1) is 17.2. The summed E-state index contributed by atoms with van der Waals surface area (Å²) in [7, 11) is -2.51. The van der Waals surface area contributed by atoms with Gasteiger partial charge in [-0.05, 0) is 18.2 Å². The zero-order chi connectivity index (χ0) is 15.3. The Kier molecular flexibility index (Phi) is 6.22. The van der Waals surface area contributed by atoms with Crippen LogP contribution in [-0.4, -0.2) is 49.8 Å². The number of amides is 1. The van der Waals surface area contributed by atoms with E-state index in [9.17, 15) is 13.2 Å². The molecule has 0 aliphatic carbocycles. The number of benzene rings is 1. The molecule has 2 N–H and O–H groups in total. The highest BCUT2D eigenvalue weighted by Gasteiger charge is 2.23. The number of likely N-dealkylation sites (N-methyl/N-ethyl adjacent to an activating group) is 1. The molecule has 0 aliphatic rings. The number of hydrogen-bond acceptors (Lipinski definition) is 4. The average Bonchev–Trinajstić information content (AvgIpc) is 2.40. The number of nitrogens with zero attached hydrogens (tertiary/aromatic N) is 1. The summed E-state index contributed by atoms with van der Waals surface area (Å²) < 4.78 is 25.5. The van der Waals surface area contributed by atoms with Gasteiger partial charge in [0.2, 0.25) is 15.9 Å².